The van der Waals surface area contributed by atoms with Crippen molar-refractivity contribution in [1.29, 1.82) is 5.26 Å². The van der Waals surface area contributed by atoms with Crippen molar-refractivity contribution in [2.24, 2.45) is 0 Å². The van der Waals surface area contributed by atoms with Crippen LogP contribution in [-0.2, 0) is 25.2 Å². The average molecular weight is 421 g/mol. The molecular formula is C13H20N3ORe-. The third kappa shape index (κ3) is 4.46. The first-order valence-electron chi connectivity index (χ1n) is 5.97. The molecule has 1 aliphatic heterocycles. The standard InChI is InChI=1S/C13H20N3O.Re/c1-4-5-13(17)16-9-8-15(11(2)3)10-12(16)6-7-14;/h4-5,11-12H,1,6,8-10H2,2-3H3;/q-1;/b5-4+;. The van der Waals surface area contributed by atoms with E-state index in [2.05, 4.69) is 31.7 Å². The first kappa shape index (κ1) is 17.2. The molecule has 1 fully saturated rings. The third-order valence-corrected chi connectivity index (χ3v) is 3.11. The van der Waals surface area contributed by atoms with Crippen LogP contribution in [0.25, 0.3) is 0 Å². The van der Waals surface area contributed by atoms with E-state index in [1.807, 2.05) is 0 Å². The van der Waals surface area contributed by atoms with Crippen LogP contribution in [0, 0.1) is 18.3 Å². The monoisotopic (exact) mass is 421 g/mol. The second-order valence-electron chi connectivity index (χ2n) is 4.54. The van der Waals surface area contributed by atoms with Crippen molar-refractivity contribution in [1.82, 2.24) is 9.80 Å². The Morgan fingerprint density at radius 1 is 1.56 bits per heavy atom. The predicted octanol–water partition coefficient (Wildman–Crippen LogP) is 1.21. The molecule has 1 radical (unpaired) electrons. The topological polar surface area (TPSA) is 47.3 Å². The van der Waals surface area contributed by atoms with Gasteiger partial charge in [0, 0.05) is 46.1 Å². The smallest absolute Gasteiger partial charge is 0.165 e. The van der Waals surface area contributed by atoms with Crippen molar-refractivity contribution in [3.63, 3.8) is 0 Å². The number of piperazine rings is 1. The van der Waals surface area contributed by atoms with Gasteiger partial charge in [-0.1, -0.05) is 0 Å². The zero-order chi connectivity index (χ0) is 12.8. The molecule has 1 unspecified atom stereocenters. The van der Waals surface area contributed by atoms with Gasteiger partial charge in [0.2, 0.25) is 0 Å². The number of hydrogen-bond acceptors (Lipinski definition) is 3. The molecule has 1 saturated heterocycles. The van der Waals surface area contributed by atoms with Crippen molar-refractivity contribution in [3.05, 3.63) is 19.1 Å². The molecule has 1 rings (SSSR count). The van der Waals surface area contributed by atoms with Crippen LogP contribution in [-0.4, -0.2) is 47.4 Å². The van der Waals surface area contributed by atoms with Crippen molar-refractivity contribution >= 4 is 5.91 Å². The Morgan fingerprint density at radius 2 is 2.22 bits per heavy atom. The molecule has 101 valence electrons. The molecule has 0 aromatic heterocycles. The van der Waals surface area contributed by atoms with Crippen molar-refractivity contribution in [3.8, 4) is 6.07 Å². The maximum atomic E-state index is 11.8. The van der Waals surface area contributed by atoms with Crippen LogP contribution in [0.1, 0.15) is 20.3 Å². The average Bonchev–Trinajstić information content (AvgIpc) is 2.29. The van der Waals surface area contributed by atoms with E-state index in [1.165, 1.54) is 12.2 Å². The van der Waals surface area contributed by atoms with E-state index in [-0.39, 0.29) is 32.4 Å². The number of carbonyl (C=O) groups is 1. The Kier molecular flexibility index (Phi) is 7.95. The molecule has 18 heavy (non-hydrogen) atoms. The summed E-state index contributed by atoms with van der Waals surface area (Å²) in [6.07, 6.45) is 3.36. The van der Waals surface area contributed by atoms with Gasteiger partial charge in [0.25, 0.3) is 0 Å². The van der Waals surface area contributed by atoms with Crippen LogP contribution in [0.15, 0.2) is 12.2 Å². The first-order chi connectivity index (χ1) is 8.10. The number of carbonyl (C=O) groups excluding carboxylic acids is 1. The maximum absolute atomic E-state index is 11.8. The van der Waals surface area contributed by atoms with Gasteiger partial charge in [-0.15, -0.1) is 6.08 Å². The van der Waals surface area contributed by atoms with Gasteiger partial charge in [-0.3, -0.25) is 9.69 Å². The molecule has 4 nitrogen and oxygen atoms in total. The molecule has 1 atom stereocenters. The number of rotatable bonds is 3. The van der Waals surface area contributed by atoms with Crippen LogP contribution in [0.3, 0.4) is 0 Å². The van der Waals surface area contributed by atoms with Gasteiger partial charge in [-0.05, 0) is 13.8 Å². The normalized spacial score (nSPS) is 20.8. The van der Waals surface area contributed by atoms with E-state index < -0.39 is 0 Å². The Hall–Kier alpha value is -0.808. The second kappa shape index (κ2) is 8.32. The number of nitriles is 1. The molecule has 0 spiro atoms. The van der Waals surface area contributed by atoms with E-state index in [9.17, 15) is 4.79 Å². The fourth-order valence-corrected chi connectivity index (χ4v) is 2.12. The van der Waals surface area contributed by atoms with Crippen LogP contribution < -0.4 is 0 Å². The summed E-state index contributed by atoms with van der Waals surface area (Å²) in [6, 6.07) is 2.62. The van der Waals surface area contributed by atoms with Crippen molar-refractivity contribution in [2.45, 2.75) is 32.4 Å². The SMILES string of the molecule is [CH2-]/C=C/C(=O)N1CCN(C(C)C)CC1CC#N.[Re]. The van der Waals surface area contributed by atoms with Crippen LogP contribution >= 0.6 is 0 Å². The van der Waals surface area contributed by atoms with Gasteiger partial charge in [0.15, 0.2) is 5.91 Å². The Morgan fingerprint density at radius 3 is 2.72 bits per heavy atom. The molecule has 0 bridgehead atoms. The van der Waals surface area contributed by atoms with E-state index in [0.29, 0.717) is 19.0 Å². The molecule has 0 aliphatic carbocycles. The number of amides is 1. The summed E-state index contributed by atoms with van der Waals surface area (Å²) in [5.74, 6) is -0.0383. The Labute approximate surface area is 123 Å². The molecule has 5 heteroatoms. The molecule has 1 amide bonds. The largest absolute Gasteiger partial charge is 0.348 e. The zero-order valence-electron chi connectivity index (χ0n) is 11.0. The molecule has 0 aromatic rings. The van der Waals surface area contributed by atoms with E-state index in [4.69, 9.17) is 5.26 Å². The second-order valence-corrected chi connectivity index (χ2v) is 4.54. The number of allylic oxidation sites excluding steroid dienone is 1. The van der Waals surface area contributed by atoms with Crippen LogP contribution in [0.2, 0.25) is 0 Å². The Balaban J connectivity index is 0.00000289. The quantitative estimate of drug-likeness (QED) is 0.509. The van der Waals surface area contributed by atoms with Gasteiger partial charge in [-0.2, -0.15) is 5.26 Å². The summed E-state index contributed by atoms with van der Waals surface area (Å²) >= 11 is 0. The first-order valence-corrected chi connectivity index (χ1v) is 5.97. The van der Waals surface area contributed by atoms with E-state index in [1.54, 1.807) is 4.90 Å². The Bertz CT molecular complexity index is 336. The summed E-state index contributed by atoms with van der Waals surface area (Å²) in [5.41, 5.74) is 0. The van der Waals surface area contributed by atoms with Gasteiger partial charge >= 0.3 is 0 Å². The number of nitrogens with zero attached hydrogens (tertiary/aromatic N) is 3. The summed E-state index contributed by atoms with van der Waals surface area (Å²) in [4.78, 5) is 15.9. The molecule has 0 N–H and O–H groups in total. The van der Waals surface area contributed by atoms with Gasteiger partial charge in [-0.25, -0.2) is 13.0 Å². The fraction of sp³-hybridized carbons (Fsp3) is 0.615. The predicted molar refractivity (Wildman–Crippen MR) is 66.9 cm³/mol. The fourth-order valence-electron chi connectivity index (χ4n) is 2.12. The molecular weight excluding hydrogens is 400 g/mol. The minimum absolute atomic E-state index is 0. The summed E-state index contributed by atoms with van der Waals surface area (Å²) in [5, 5.41) is 8.84. The molecule has 1 aliphatic rings. The van der Waals surface area contributed by atoms with Crippen molar-refractivity contribution < 1.29 is 25.2 Å². The van der Waals surface area contributed by atoms with Gasteiger partial charge in [0.1, 0.15) is 0 Å². The van der Waals surface area contributed by atoms with Gasteiger partial charge in [0.05, 0.1) is 18.5 Å². The number of hydrogen-bond donors (Lipinski definition) is 0. The summed E-state index contributed by atoms with van der Waals surface area (Å²) in [7, 11) is 0. The van der Waals surface area contributed by atoms with E-state index >= 15 is 0 Å². The minimum atomic E-state index is -0.0383. The summed E-state index contributed by atoms with van der Waals surface area (Å²) < 4.78 is 0. The third-order valence-electron chi connectivity index (χ3n) is 3.11. The van der Waals surface area contributed by atoms with Gasteiger partial charge < -0.3 is 4.90 Å². The van der Waals surface area contributed by atoms with Crippen molar-refractivity contribution in [2.75, 3.05) is 19.6 Å². The minimum Gasteiger partial charge on any atom is -0.348 e. The molecule has 1 heterocycles. The van der Waals surface area contributed by atoms with Crippen LogP contribution in [0.5, 0.6) is 0 Å². The van der Waals surface area contributed by atoms with Crippen LogP contribution in [0.4, 0.5) is 0 Å². The van der Waals surface area contributed by atoms with E-state index in [0.717, 1.165) is 13.1 Å². The molecule has 0 saturated carbocycles. The summed E-state index contributed by atoms with van der Waals surface area (Å²) in [6.45, 7) is 10.1. The zero-order valence-corrected chi connectivity index (χ0v) is 13.7. The maximum Gasteiger partial charge on any atom is 0.165 e. The molecule has 0 aromatic carbocycles.